The Morgan fingerprint density at radius 1 is 1.16 bits per heavy atom. The summed E-state index contributed by atoms with van der Waals surface area (Å²) in [6.07, 6.45) is 5.03. The highest BCUT2D eigenvalue weighted by Crippen LogP contribution is 2.49. The molecule has 6 nitrogen and oxygen atoms in total. The molecule has 1 aliphatic carbocycles. The zero-order valence-corrected chi connectivity index (χ0v) is 18.7. The van der Waals surface area contributed by atoms with Gasteiger partial charge in [-0.1, -0.05) is 32.0 Å². The highest BCUT2D eigenvalue weighted by atomic mass is 16.5. The Morgan fingerprint density at radius 3 is 2.75 bits per heavy atom. The first-order valence-electron chi connectivity index (χ1n) is 11.3. The molecule has 0 spiro atoms. The molecule has 32 heavy (non-hydrogen) atoms. The van der Waals surface area contributed by atoms with E-state index < -0.39 is 6.04 Å². The number of amides is 1. The van der Waals surface area contributed by atoms with Gasteiger partial charge in [-0.3, -0.25) is 14.6 Å². The summed E-state index contributed by atoms with van der Waals surface area (Å²) in [7, 11) is 1.61. The zero-order valence-electron chi connectivity index (χ0n) is 18.7. The largest absolute Gasteiger partial charge is 0.497 e. The second-order valence-corrected chi connectivity index (χ2v) is 9.32. The first kappa shape index (κ1) is 20.7. The highest BCUT2D eigenvalue weighted by Gasteiger charge is 2.53. The van der Waals surface area contributed by atoms with Crippen molar-refractivity contribution in [3.8, 4) is 5.75 Å². The lowest BCUT2D eigenvalue weighted by atomic mass is 9.70. The van der Waals surface area contributed by atoms with Crippen LogP contribution in [0.3, 0.4) is 0 Å². The fourth-order valence-corrected chi connectivity index (χ4v) is 5.63. The Balaban J connectivity index is 1.60. The number of aromatic nitrogens is 1. The van der Waals surface area contributed by atoms with Gasteiger partial charge in [-0.15, -0.1) is 0 Å². The average Bonchev–Trinajstić information content (AvgIpc) is 3.07. The van der Waals surface area contributed by atoms with Crippen molar-refractivity contribution in [2.75, 3.05) is 7.11 Å². The number of rotatable bonds is 4. The van der Waals surface area contributed by atoms with E-state index in [0.29, 0.717) is 23.8 Å². The van der Waals surface area contributed by atoms with Crippen molar-refractivity contribution in [3.63, 3.8) is 0 Å². The smallest absolute Gasteiger partial charge is 0.290 e. The van der Waals surface area contributed by atoms with Gasteiger partial charge in [0.2, 0.25) is 0 Å². The van der Waals surface area contributed by atoms with Crippen molar-refractivity contribution in [2.24, 2.45) is 17.8 Å². The van der Waals surface area contributed by atoms with Gasteiger partial charge < -0.3 is 14.4 Å². The number of benzene rings is 1. The third kappa shape index (κ3) is 3.38. The van der Waals surface area contributed by atoms with Gasteiger partial charge in [0.05, 0.1) is 24.6 Å². The van der Waals surface area contributed by atoms with Crippen LogP contribution >= 0.6 is 0 Å². The summed E-state index contributed by atoms with van der Waals surface area (Å²) in [5.41, 5.74) is 2.24. The maximum Gasteiger partial charge on any atom is 0.290 e. The highest BCUT2D eigenvalue weighted by molar-refractivity contribution is 6.11. The van der Waals surface area contributed by atoms with Gasteiger partial charge in [-0.2, -0.15) is 0 Å². The summed E-state index contributed by atoms with van der Waals surface area (Å²) >= 11 is 0. The minimum absolute atomic E-state index is 0.0597. The summed E-state index contributed by atoms with van der Waals surface area (Å²) in [5, 5.41) is 0. The molecule has 5 rings (SSSR count). The van der Waals surface area contributed by atoms with E-state index in [1.54, 1.807) is 24.4 Å². The van der Waals surface area contributed by atoms with Gasteiger partial charge in [0.15, 0.2) is 11.5 Å². The van der Waals surface area contributed by atoms with E-state index in [9.17, 15) is 9.59 Å². The van der Waals surface area contributed by atoms with Crippen molar-refractivity contribution in [1.29, 1.82) is 0 Å². The number of hydrogen-bond donors (Lipinski definition) is 0. The molecule has 0 radical (unpaired) electrons. The molecule has 0 bridgehead atoms. The van der Waals surface area contributed by atoms with E-state index in [1.807, 2.05) is 36.4 Å². The number of fused-ring (bicyclic) bond motifs is 1. The van der Waals surface area contributed by atoms with Crippen LogP contribution in [0.2, 0.25) is 0 Å². The van der Waals surface area contributed by atoms with Gasteiger partial charge in [0.1, 0.15) is 11.9 Å². The van der Waals surface area contributed by atoms with E-state index in [4.69, 9.17) is 9.47 Å². The first-order chi connectivity index (χ1) is 15.5. The number of ketones is 1. The van der Waals surface area contributed by atoms with Gasteiger partial charge >= 0.3 is 0 Å². The average molecular weight is 433 g/mol. The molecule has 2 aliphatic heterocycles. The number of carbonyl (C=O) groups is 2. The third-order valence-corrected chi connectivity index (χ3v) is 7.01. The molecule has 5 unspecified atom stereocenters. The second-order valence-electron chi connectivity index (χ2n) is 9.32. The van der Waals surface area contributed by atoms with E-state index in [1.165, 1.54) is 0 Å². The molecule has 3 heterocycles. The lowest BCUT2D eigenvalue weighted by Gasteiger charge is -2.41. The topological polar surface area (TPSA) is 68.7 Å². The van der Waals surface area contributed by atoms with Crippen LogP contribution < -0.4 is 4.74 Å². The van der Waals surface area contributed by atoms with Crippen LogP contribution in [-0.4, -0.2) is 34.8 Å². The molecule has 6 heteroatoms. The molecule has 5 atom stereocenters. The summed E-state index contributed by atoms with van der Waals surface area (Å²) < 4.78 is 11.8. The van der Waals surface area contributed by atoms with Crippen molar-refractivity contribution < 1.29 is 19.1 Å². The van der Waals surface area contributed by atoms with Gasteiger partial charge in [0, 0.05) is 18.9 Å². The standard InChI is InChI=1S/C26H28N2O4/c1-15-10-16(2)24-20(11-15)23(29)21-22(18-7-4-8-19(12-18)31-3)28(26(30)25(21)32-24)14-17-6-5-9-27-13-17/h4-9,12-13,15-16,20,22,24H,10-11,14H2,1-3H3. The predicted octanol–water partition coefficient (Wildman–Crippen LogP) is 4.08. The number of nitrogens with zero attached hydrogens (tertiary/aromatic N) is 2. The monoisotopic (exact) mass is 432 g/mol. The predicted molar refractivity (Wildman–Crippen MR) is 118 cm³/mol. The quantitative estimate of drug-likeness (QED) is 0.728. The molecular weight excluding hydrogens is 404 g/mol. The molecule has 1 aromatic heterocycles. The summed E-state index contributed by atoms with van der Waals surface area (Å²) in [5.74, 6) is 1.24. The lowest BCUT2D eigenvalue weighted by molar-refractivity contribution is -0.139. The molecule has 1 saturated carbocycles. The summed E-state index contributed by atoms with van der Waals surface area (Å²) in [4.78, 5) is 33.4. The fraction of sp³-hybridized carbons (Fsp3) is 0.423. The molecule has 3 aliphatic rings. The van der Waals surface area contributed by atoms with Crippen LogP contribution in [0.1, 0.15) is 43.9 Å². The number of hydrogen-bond acceptors (Lipinski definition) is 5. The minimum Gasteiger partial charge on any atom is -0.497 e. The van der Waals surface area contributed by atoms with Gasteiger partial charge in [0.25, 0.3) is 5.91 Å². The van der Waals surface area contributed by atoms with E-state index in [-0.39, 0.29) is 35.4 Å². The molecule has 1 amide bonds. The number of ether oxygens (including phenoxy) is 2. The van der Waals surface area contributed by atoms with Crippen molar-refractivity contribution in [2.45, 2.75) is 45.4 Å². The molecular formula is C26H28N2O4. The van der Waals surface area contributed by atoms with Crippen LogP contribution in [-0.2, 0) is 20.9 Å². The maximum absolute atomic E-state index is 13.9. The SMILES string of the molecule is COc1cccc(C2C3=C(OC4C(C)CC(C)CC4C3=O)C(=O)N2Cc2cccnc2)c1. The van der Waals surface area contributed by atoms with Gasteiger partial charge in [-0.25, -0.2) is 0 Å². The summed E-state index contributed by atoms with van der Waals surface area (Å²) in [6, 6.07) is 10.9. The van der Waals surface area contributed by atoms with Gasteiger partial charge in [-0.05, 0) is 54.0 Å². The van der Waals surface area contributed by atoms with Crippen LogP contribution in [0.5, 0.6) is 5.75 Å². The van der Waals surface area contributed by atoms with E-state index in [0.717, 1.165) is 24.0 Å². The third-order valence-electron chi connectivity index (χ3n) is 7.01. The van der Waals surface area contributed by atoms with E-state index in [2.05, 4.69) is 18.8 Å². The Hall–Kier alpha value is -3.15. The fourth-order valence-electron chi connectivity index (χ4n) is 5.63. The summed E-state index contributed by atoms with van der Waals surface area (Å²) in [6.45, 7) is 4.66. The Labute approximate surface area is 188 Å². The van der Waals surface area contributed by atoms with Crippen molar-refractivity contribution in [1.82, 2.24) is 9.88 Å². The molecule has 2 aromatic rings. The van der Waals surface area contributed by atoms with Crippen molar-refractivity contribution >= 4 is 11.7 Å². The lowest BCUT2D eigenvalue weighted by Crippen LogP contribution is -2.45. The van der Waals surface area contributed by atoms with Crippen molar-refractivity contribution in [3.05, 3.63) is 71.3 Å². The number of pyridine rings is 1. The molecule has 0 N–H and O–H groups in total. The normalized spacial score (nSPS) is 29.5. The maximum atomic E-state index is 13.9. The molecule has 1 aromatic carbocycles. The van der Waals surface area contributed by atoms with Crippen LogP contribution in [0.25, 0.3) is 0 Å². The zero-order chi connectivity index (χ0) is 22.4. The Kier molecular flexibility index (Phi) is 5.24. The number of Topliss-reactive ketones (excluding diaryl/α,β-unsaturated/α-hetero) is 1. The van der Waals surface area contributed by atoms with E-state index >= 15 is 0 Å². The van der Waals surface area contributed by atoms with Crippen LogP contribution in [0.4, 0.5) is 0 Å². The second kappa shape index (κ2) is 8.08. The Bertz CT molecular complexity index is 1080. The molecule has 166 valence electrons. The molecule has 0 saturated heterocycles. The molecule has 1 fully saturated rings. The number of methoxy groups -OCH3 is 1. The first-order valence-corrected chi connectivity index (χ1v) is 11.3. The number of carbonyl (C=O) groups excluding carboxylic acids is 2. The van der Waals surface area contributed by atoms with Crippen LogP contribution in [0.15, 0.2) is 60.1 Å². The van der Waals surface area contributed by atoms with Crippen LogP contribution in [0, 0.1) is 17.8 Å². The minimum atomic E-state index is -0.506. The Morgan fingerprint density at radius 2 is 2.00 bits per heavy atom.